The van der Waals surface area contributed by atoms with Gasteiger partial charge < -0.3 is 5.11 Å². The number of amides is 4. The van der Waals surface area contributed by atoms with Gasteiger partial charge in [-0.3, -0.25) is 29.5 Å². The Hall–Kier alpha value is -5.28. The fourth-order valence-corrected chi connectivity index (χ4v) is 8.65. The average molecular weight is 662 g/mol. The van der Waals surface area contributed by atoms with Gasteiger partial charge in [-0.1, -0.05) is 65.7 Å². The van der Waals surface area contributed by atoms with Gasteiger partial charge >= 0.3 is 0 Å². The minimum absolute atomic E-state index is 0.0318. The van der Waals surface area contributed by atoms with Gasteiger partial charge in [-0.25, -0.2) is 4.39 Å². The normalized spacial score (nSPS) is 27.8. The van der Waals surface area contributed by atoms with E-state index < -0.39 is 52.6 Å². The highest BCUT2D eigenvalue weighted by Gasteiger charge is 2.70. The molecule has 4 aliphatic rings. The topological polar surface area (TPSA) is 107 Å². The summed E-state index contributed by atoms with van der Waals surface area (Å²) in [7, 11) is 0. The second-order valence-electron chi connectivity index (χ2n) is 12.8. The number of para-hydroxylation sites is 1. The van der Waals surface area contributed by atoms with Crippen molar-refractivity contribution < 1.29 is 28.7 Å². The van der Waals surface area contributed by atoms with E-state index in [1.54, 1.807) is 60.7 Å². The van der Waals surface area contributed by atoms with E-state index in [2.05, 4.69) is 5.43 Å². The Morgan fingerprint density at radius 2 is 1.48 bits per heavy atom. The molecule has 4 aromatic rings. The molecule has 8 rings (SSSR count). The molecule has 4 aromatic carbocycles. The Morgan fingerprint density at radius 3 is 2.17 bits per heavy atom. The lowest BCUT2D eigenvalue weighted by atomic mass is 9.49. The third-order valence-electron chi connectivity index (χ3n) is 10.5. The van der Waals surface area contributed by atoms with Crippen LogP contribution in [0, 0.1) is 29.5 Å². The van der Waals surface area contributed by atoms with Gasteiger partial charge in [-0.05, 0) is 90.6 Å². The van der Waals surface area contributed by atoms with Crippen LogP contribution in [-0.4, -0.2) is 33.7 Å². The first-order chi connectivity index (χ1) is 23.2. The summed E-state index contributed by atoms with van der Waals surface area (Å²) in [6.45, 7) is 0. The first kappa shape index (κ1) is 30.1. The summed E-state index contributed by atoms with van der Waals surface area (Å²) in [5.41, 5.74) is 4.33. The van der Waals surface area contributed by atoms with Crippen molar-refractivity contribution >= 4 is 46.6 Å². The van der Waals surface area contributed by atoms with Crippen LogP contribution in [0.5, 0.6) is 5.75 Å². The number of nitrogens with zero attached hydrogens (tertiary/aromatic N) is 2. The van der Waals surface area contributed by atoms with Crippen LogP contribution in [0.25, 0.3) is 0 Å². The van der Waals surface area contributed by atoms with E-state index in [-0.39, 0.29) is 24.0 Å². The summed E-state index contributed by atoms with van der Waals surface area (Å²) in [5, 5.41) is 11.7. The van der Waals surface area contributed by atoms with Crippen LogP contribution >= 0.6 is 11.6 Å². The minimum atomic E-state index is -1.48. The van der Waals surface area contributed by atoms with Crippen molar-refractivity contribution in [1.29, 1.82) is 0 Å². The summed E-state index contributed by atoms with van der Waals surface area (Å²) in [6, 6.07) is 27.6. The molecule has 0 spiro atoms. The predicted octanol–water partition coefficient (Wildman–Crippen LogP) is 6.37. The van der Waals surface area contributed by atoms with Gasteiger partial charge in [0.1, 0.15) is 11.6 Å². The largest absolute Gasteiger partial charge is 0.508 e. The second kappa shape index (κ2) is 11.2. The van der Waals surface area contributed by atoms with Crippen LogP contribution in [-0.2, 0) is 24.6 Å². The lowest BCUT2D eigenvalue weighted by molar-refractivity contribution is -0.138. The molecule has 8 nitrogen and oxygen atoms in total. The number of benzene rings is 4. The number of carbonyl (C=O) groups excluding carboxylic acids is 4. The molecule has 0 aromatic heterocycles. The molecule has 3 fully saturated rings. The molecule has 240 valence electrons. The molecule has 10 heteroatoms. The summed E-state index contributed by atoms with van der Waals surface area (Å²) in [5.74, 6) is -5.62. The van der Waals surface area contributed by atoms with Crippen molar-refractivity contribution in [2.45, 2.75) is 24.2 Å². The van der Waals surface area contributed by atoms with E-state index in [0.717, 1.165) is 10.6 Å². The maximum atomic E-state index is 15.1. The highest BCUT2D eigenvalue weighted by molar-refractivity contribution is 6.30. The number of phenols is 1. The number of carbonyl (C=O) groups is 4. The smallest absolute Gasteiger partial charge is 0.260 e. The van der Waals surface area contributed by atoms with Crippen LogP contribution in [0.4, 0.5) is 15.8 Å². The van der Waals surface area contributed by atoms with Gasteiger partial charge in [-0.2, -0.15) is 5.01 Å². The number of nitrogens with one attached hydrogen (secondary N) is 1. The van der Waals surface area contributed by atoms with E-state index in [9.17, 15) is 23.9 Å². The van der Waals surface area contributed by atoms with Crippen molar-refractivity contribution in [1.82, 2.24) is 5.01 Å². The molecule has 2 aliphatic carbocycles. The second-order valence-corrected chi connectivity index (χ2v) is 13.2. The van der Waals surface area contributed by atoms with Crippen molar-refractivity contribution in [2.75, 3.05) is 10.3 Å². The Morgan fingerprint density at radius 1 is 0.792 bits per heavy atom. The highest BCUT2D eigenvalue weighted by Crippen LogP contribution is 2.64. The molecule has 4 amide bonds. The summed E-state index contributed by atoms with van der Waals surface area (Å²) >= 11 is 6.32. The quantitative estimate of drug-likeness (QED) is 0.190. The van der Waals surface area contributed by atoms with Crippen LogP contribution in [0.15, 0.2) is 115 Å². The Labute approximate surface area is 280 Å². The van der Waals surface area contributed by atoms with Crippen molar-refractivity contribution in [3.8, 4) is 5.75 Å². The number of phenolic OH excluding ortho intramolecular Hbond substituents is 1. The summed E-state index contributed by atoms with van der Waals surface area (Å²) < 4.78 is 13.8. The molecule has 0 bridgehead atoms. The number of rotatable bonds is 5. The average Bonchev–Trinajstić information content (AvgIpc) is 3.47. The maximum Gasteiger partial charge on any atom is 0.260 e. The van der Waals surface area contributed by atoms with Gasteiger partial charge in [0.25, 0.3) is 11.8 Å². The molecule has 6 atom stereocenters. The lowest BCUT2D eigenvalue weighted by Crippen LogP contribution is -2.53. The van der Waals surface area contributed by atoms with Gasteiger partial charge in [0.2, 0.25) is 11.8 Å². The van der Waals surface area contributed by atoms with Gasteiger partial charge in [0, 0.05) is 10.9 Å². The molecule has 2 saturated heterocycles. The third kappa shape index (κ3) is 4.34. The standard InChI is InChI=1S/C38H29ClFN3O5/c39-23-10-8-22(9-11-23)38-31(35(46)43(37(38)48)41-25-14-12-24(40)13-15-25)20-30-28(33(38)21-6-16-27(44)17-7-21)18-19-29-32(30)36(47)42(34(29)45)26-4-2-1-3-5-26/h1-18,29-33,41,44H,19-20H2. The summed E-state index contributed by atoms with van der Waals surface area (Å²) in [4.78, 5) is 59.0. The lowest BCUT2D eigenvalue weighted by Gasteiger charge is -2.50. The molecule has 1 saturated carbocycles. The number of hydrogen-bond acceptors (Lipinski definition) is 6. The van der Waals surface area contributed by atoms with E-state index in [4.69, 9.17) is 11.6 Å². The van der Waals surface area contributed by atoms with Gasteiger partial charge in [-0.15, -0.1) is 0 Å². The van der Waals surface area contributed by atoms with Crippen LogP contribution in [0.2, 0.25) is 5.02 Å². The maximum absolute atomic E-state index is 15.1. The zero-order valence-electron chi connectivity index (χ0n) is 25.4. The zero-order valence-corrected chi connectivity index (χ0v) is 26.2. The molecule has 2 aliphatic heterocycles. The monoisotopic (exact) mass is 661 g/mol. The number of anilines is 2. The fraction of sp³-hybridized carbons (Fsp3) is 0.211. The zero-order chi connectivity index (χ0) is 33.3. The number of imide groups is 2. The molecular weight excluding hydrogens is 633 g/mol. The predicted molar refractivity (Wildman–Crippen MR) is 176 cm³/mol. The molecular formula is C38H29ClFN3O5. The van der Waals surface area contributed by atoms with Crippen LogP contribution in [0.3, 0.4) is 0 Å². The van der Waals surface area contributed by atoms with E-state index in [1.165, 1.54) is 41.3 Å². The Bertz CT molecular complexity index is 2000. The van der Waals surface area contributed by atoms with Gasteiger partial charge in [0.15, 0.2) is 0 Å². The number of allylic oxidation sites excluding steroid dienone is 2. The third-order valence-corrected chi connectivity index (χ3v) is 10.7. The van der Waals surface area contributed by atoms with Crippen molar-refractivity contribution in [2.24, 2.45) is 23.7 Å². The van der Waals surface area contributed by atoms with Crippen LogP contribution < -0.4 is 10.3 Å². The molecule has 2 heterocycles. The number of hydrogen-bond donors (Lipinski definition) is 2. The first-order valence-electron chi connectivity index (χ1n) is 15.8. The SMILES string of the molecule is O=C1C2CC3C(=CCC4C(=O)N(c5ccccc5)C(=O)C43)C(c3ccc(O)cc3)C2(c2ccc(Cl)cc2)C(=O)N1Nc1ccc(F)cc1. The minimum Gasteiger partial charge on any atom is -0.508 e. The van der Waals surface area contributed by atoms with Crippen molar-refractivity contribution in [3.63, 3.8) is 0 Å². The molecule has 48 heavy (non-hydrogen) atoms. The van der Waals surface area contributed by atoms with E-state index in [0.29, 0.717) is 33.9 Å². The number of hydrazine groups is 1. The van der Waals surface area contributed by atoms with E-state index in [1.807, 2.05) is 12.1 Å². The number of halogens is 2. The Kier molecular flexibility index (Phi) is 7.00. The molecule has 6 unspecified atom stereocenters. The van der Waals surface area contributed by atoms with Crippen LogP contribution in [0.1, 0.15) is 29.9 Å². The van der Waals surface area contributed by atoms with Crippen molar-refractivity contribution in [3.05, 3.63) is 137 Å². The van der Waals surface area contributed by atoms with Gasteiger partial charge in [0.05, 0.1) is 34.5 Å². The first-order valence-corrected chi connectivity index (χ1v) is 16.2. The highest BCUT2D eigenvalue weighted by atomic mass is 35.5. The fourth-order valence-electron chi connectivity index (χ4n) is 8.53. The number of aromatic hydroxyl groups is 1. The number of fused-ring (bicyclic) bond motifs is 4. The molecule has 0 radical (unpaired) electrons. The molecule has 2 N–H and O–H groups in total. The summed E-state index contributed by atoms with van der Waals surface area (Å²) in [6.07, 6.45) is 2.41. The Balaban J connectivity index is 1.32. The van der Waals surface area contributed by atoms with E-state index >= 15 is 4.79 Å².